The van der Waals surface area contributed by atoms with Gasteiger partial charge in [-0.05, 0) is 69.8 Å². The number of aliphatic hydroxyl groups excluding tert-OH is 3. The van der Waals surface area contributed by atoms with Gasteiger partial charge in [0.05, 0.1) is 13.2 Å². The predicted molar refractivity (Wildman–Crippen MR) is 258 cm³/mol. The summed E-state index contributed by atoms with van der Waals surface area (Å²) in [6.45, 7) is 2.35. The van der Waals surface area contributed by atoms with Gasteiger partial charge in [-0.1, -0.05) is 127 Å². The van der Waals surface area contributed by atoms with Gasteiger partial charge in [0.15, 0.2) is 12.3 Å². The molecule has 0 radical (unpaired) electrons. The summed E-state index contributed by atoms with van der Waals surface area (Å²) in [5.41, 5.74) is 4.57. The molecule has 0 spiro atoms. The van der Waals surface area contributed by atoms with Crippen LogP contribution in [0.4, 0.5) is 5.82 Å². The van der Waals surface area contributed by atoms with Crippen LogP contribution in [0.5, 0.6) is 0 Å². The number of hydrogen-bond acceptors (Lipinski definition) is 16. The van der Waals surface area contributed by atoms with Crippen LogP contribution in [0.3, 0.4) is 0 Å². The van der Waals surface area contributed by atoms with Gasteiger partial charge in [-0.15, -0.1) is 0 Å². The number of unbranched alkanes of at least 4 members (excludes halogenated alkanes) is 12. The van der Waals surface area contributed by atoms with Gasteiger partial charge < -0.3 is 45.1 Å². The monoisotopic (exact) mass is 1000 g/mol. The third kappa shape index (κ3) is 29.0. The maximum Gasteiger partial charge on any atom is 0.481 e. The number of nitrogen functional groups attached to an aromatic ring is 1. The fourth-order valence-electron chi connectivity index (χ4n) is 6.88. The van der Waals surface area contributed by atoms with Crippen molar-refractivity contribution in [3.05, 3.63) is 71.4 Å². The van der Waals surface area contributed by atoms with Crippen LogP contribution in [0.2, 0.25) is 0 Å². The molecular formula is C47H79N3O16P2. The molecule has 0 amide bonds. The summed E-state index contributed by atoms with van der Waals surface area (Å²) in [6, 6.07) is 1.24. The first-order chi connectivity index (χ1) is 32.5. The third-order valence-electron chi connectivity index (χ3n) is 10.6. The molecule has 19 nitrogen and oxygen atoms in total. The molecule has 2 unspecified atom stereocenters. The quantitative estimate of drug-likeness (QED) is 0.0157. The molecule has 0 aliphatic carbocycles. The number of aromatic nitrogens is 2. The van der Waals surface area contributed by atoms with Crippen LogP contribution >= 0.6 is 15.6 Å². The number of phosphoric ester groups is 2. The smallest absolute Gasteiger partial charge is 0.462 e. The van der Waals surface area contributed by atoms with E-state index in [0.29, 0.717) is 19.3 Å². The largest absolute Gasteiger partial charge is 0.481 e. The number of allylic oxidation sites excluding steroid dienone is 8. The number of nitrogens with zero attached hydrogens (tertiary/aromatic N) is 2. The van der Waals surface area contributed by atoms with E-state index in [1.54, 1.807) is 0 Å². The van der Waals surface area contributed by atoms with Crippen molar-refractivity contribution in [2.45, 2.75) is 179 Å². The van der Waals surface area contributed by atoms with E-state index in [4.69, 9.17) is 34.1 Å². The number of ether oxygens (including phenoxy) is 3. The summed E-state index contributed by atoms with van der Waals surface area (Å²) in [7, 11) is -10.9. The van der Waals surface area contributed by atoms with E-state index >= 15 is 0 Å². The molecule has 1 saturated heterocycles. The number of phosphoric acid groups is 2. The zero-order valence-electron chi connectivity index (χ0n) is 40.0. The lowest BCUT2D eigenvalue weighted by atomic mass is 10.0. The second-order valence-electron chi connectivity index (χ2n) is 17.2. The Labute approximate surface area is 402 Å². The molecule has 7 atom stereocenters. The topological polar surface area (TPSA) is 286 Å². The molecule has 1 aromatic heterocycles. The highest BCUT2D eigenvalue weighted by molar-refractivity contribution is 7.61. The van der Waals surface area contributed by atoms with Crippen LogP contribution in [0, 0.1) is 5.92 Å². The highest BCUT2D eigenvalue weighted by Crippen LogP contribution is 2.60. The second kappa shape index (κ2) is 35.7. The summed E-state index contributed by atoms with van der Waals surface area (Å²) >= 11 is 0. The van der Waals surface area contributed by atoms with Crippen molar-refractivity contribution >= 4 is 33.4 Å². The minimum atomic E-state index is -5.44. The van der Waals surface area contributed by atoms with Gasteiger partial charge in [0, 0.05) is 25.6 Å². The van der Waals surface area contributed by atoms with E-state index < -0.39 is 83.7 Å². The molecule has 0 bridgehead atoms. The zero-order chi connectivity index (χ0) is 50.0. The highest BCUT2D eigenvalue weighted by Gasteiger charge is 2.46. The van der Waals surface area contributed by atoms with Crippen molar-refractivity contribution in [2.24, 2.45) is 5.92 Å². The van der Waals surface area contributed by atoms with Crippen molar-refractivity contribution in [3.63, 3.8) is 0 Å². The molecule has 0 saturated carbocycles. The Morgan fingerprint density at radius 1 is 0.750 bits per heavy atom. The molecule has 1 aliphatic rings. The average molecular weight is 1000 g/mol. The second-order valence-corrected chi connectivity index (χ2v) is 20.2. The molecule has 0 aromatic carbocycles. The number of hydrogen-bond donors (Lipinski definition) is 6. The summed E-state index contributed by atoms with van der Waals surface area (Å²) in [6.07, 6.45) is 28.1. The first kappa shape index (κ1) is 60.8. The maximum absolute atomic E-state index is 12.8. The lowest BCUT2D eigenvalue weighted by molar-refractivity contribution is -0.161. The zero-order valence-corrected chi connectivity index (χ0v) is 41.8. The fraction of sp³-hybridized carbons (Fsp3) is 0.702. The number of carbonyl (C=O) groups is 2. The lowest BCUT2D eigenvalue weighted by Crippen LogP contribution is -2.36. The van der Waals surface area contributed by atoms with E-state index in [2.05, 4.69) is 53.5 Å². The van der Waals surface area contributed by atoms with E-state index in [9.17, 15) is 43.5 Å². The minimum Gasteiger partial charge on any atom is -0.462 e. The molecule has 21 heteroatoms. The molecule has 68 heavy (non-hydrogen) atoms. The van der Waals surface area contributed by atoms with Crippen molar-refractivity contribution in [3.8, 4) is 0 Å². The molecule has 388 valence electrons. The summed E-state index contributed by atoms with van der Waals surface area (Å²) in [5, 5.41) is 29.7. The first-order valence-electron chi connectivity index (χ1n) is 24.1. The van der Waals surface area contributed by atoms with Gasteiger partial charge in [-0.2, -0.15) is 9.29 Å². The summed E-state index contributed by atoms with van der Waals surface area (Å²) < 4.78 is 56.6. The molecule has 2 heterocycles. The molecule has 1 fully saturated rings. The van der Waals surface area contributed by atoms with Crippen molar-refractivity contribution in [2.75, 3.05) is 32.2 Å². The molecule has 2 rings (SSSR count). The summed E-state index contributed by atoms with van der Waals surface area (Å²) in [4.78, 5) is 61.7. The Bertz CT molecular complexity index is 1840. The van der Waals surface area contributed by atoms with E-state index in [0.717, 1.165) is 87.3 Å². The van der Waals surface area contributed by atoms with Crippen LogP contribution < -0.4 is 11.4 Å². The van der Waals surface area contributed by atoms with Crippen LogP contribution in [-0.2, 0) is 46.3 Å². The number of carbonyl (C=O) groups excluding carboxylic acids is 2. The maximum atomic E-state index is 12.8. The number of aliphatic hydroxyl groups is 3. The Morgan fingerprint density at radius 2 is 1.29 bits per heavy atom. The van der Waals surface area contributed by atoms with Gasteiger partial charge in [0.2, 0.25) is 0 Å². The van der Waals surface area contributed by atoms with E-state index in [1.165, 1.54) is 38.2 Å². The normalized spacial score (nSPS) is 19.9. The first-order valence-corrected chi connectivity index (χ1v) is 27.1. The Morgan fingerprint density at radius 3 is 1.90 bits per heavy atom. The number of esters is 2. The Balaban J connectivity index is 1.84. The van der Waals surface area contributed by atoms with Crippen LogP contribution in [0.25, 0.3) is 0 Å². The molecule has 7 N–H and O–H groups in total. The van der Waals surface area contributed by atoms with E-state index in [-0.39, 0.29) is 25.3 Å². The summed E-state index contributed by atoms with van der Waals surface area (Å²) in [5.74, 6) is -0.651. The van der Waals surface area contributed by atoms with Crippen LogP contribution in [0.1, 0.15) is 155 Å². The predicted octanol–water partition coefficient (Wildman–Crippen LogP) is 8.22. The third-order valence-corrected chi connectivity index (χ3v) is 13.3. The molecule has 1 aromatic rings. The molecular weight excluding hydrogens is 924 g/mol. The number of nitrogens with two attached hydrogens (primary N) is 1. The minimum absolute atomic E-state index is 0.0362. The van der Waals surface area contributed by atoms with Gasteiger partial charge >= 0.3 is 33.3 Å². The molecule has 1 aliphatic heterocycles. The number of rotatable bonds is 39. The Kier molecular flexibility index (Phi) is 31.9. The van der Waals surface area contributed by atoms with Crippen LogP contribution in [-0.4, -0.2) is 97.4 Å². The van der Waals surface area contributed by atoms with Gasteiger partial charge in [0.25, 0.3) is 0 Å². The number of anilines is 1. The van der Waals surface area contributed by atoms with E-state index in [1.807, 2.05) is 18.2 Å². The van der Waals surface area contributed by atoms with Crippen molar-refractivity contribution < 1.29 is 71.4 Å². The SMILES string of the molecule is CC(C)CCCCCCCCCCCC(=O)OC[C@H](COP(=O)(O)OP(=O)(O)OC[C@H]1O[C@@H](n2ccc(N)nc2=O)[C@H](O)[C@@H]1O)OC(=O)CCC/C=C\C/C=C\C/C=C\C/C=C\CCCCCO. The van der Waals surface area contributed by atoms with Gasteiger partial charge in [-0.3, -0.25) is 23.2 Å². The van der Waals surface area contributed by atoms with Gasteiger partial charge in [0.1, 0.15) is 30.7 Å². The van der Waals surface area contributed by atoms with Crippen molar-refractivity contribution in [1.29, 1.82) is 0 Å². The van der Waals surface area contributed by atoms with Crippen molar-refractivity contribution in [1.82, 2.24) is 9.55 Å². The average Bonchev–Trinajstić information content (AvgIpc) is 3.56. The Hall–Kier alpha value is -3.32. The fourth-order valence-corrected chi connectivity index (χ4v) is 8.99. The van der Waals surface area contributed by atoms with Gasteiger partial charge in [-0.25, -0.2) is 13.9 Å². The van der Waals surface area contributed by atoms with Crippen LogP contribution in [0.15, 0.2) is 65.7 Å². The highest BCUT2D eigenvalue weighted by atomic mass is 31.3. The standard InChI is InChI=1S/C47H79N3O16P2/c1-38(2)29-25-21-17-13-12-15-18-22-26-30-42(52)61-35-39(64-43(53)31-27-23-19-14-10-8-6-4-3-5-7-9-11-16-20-24-28-34-51)36-62-67(57,58)66-68(59,60)63-37-40-44(54)45(55)46(65-40)50-33-32-41(48)49-47(50)56/h3,5-6,8-9,11,14,19,32-33,38-40,44-46,51,54-55H,4,7,10,12-13,15-18,20-31,34-37H2,1-2H3,(H,57,58)(H,59,60)(H2,48,49,56)/b5-3-,8-6-,11-9-,19-14-/t39-,40-,44-,45-,46-/m1/s1. The lowest BCUT2D eigenvalue weighted by Gasteiger charge is -2.21.